The van der Waals surface area contributed by atoms with Crippen LogP contribution < -0.4 is 5.32 Å². The molecule has 0 aliphatic heterocycles. The first-order valence-electron chi connectivity index (χ1n) is 3.81. The van der Waals surface area contributed by atoms with Crippen LogP contribution in [-0.2, 0) is 0 Å². The van der Waals surface area contributed by atoms with E-state index in [1.165, 1.54) is 12.8 Å². The van der Waals surface area contributed by atoms with Crippen LogP contribution >= 0.6 is 0 Å². The normalized spacial score (nSPS) is 20.3. The fourth-order valence-electron chi connectivity index (χ4n) is 1.46. The van der Waals surface area contributed by atoms with Crippen LogP contribution in [0.25, 0.3) is 0 Å². The molecule has 1 nitrogen and oxygen atoms in total. The smallest absolute Gasteiger partial charge is 0.000216 e. The summed E-state index contributed by atoms with van der Waals surface area (Å²) < 4.78 is 0. The van der Waals surface area contributed by atoms with Crippen LogP contribution in [0.3, 0.4) is 0 Å². The van der Waals surface area contributed by atoms with Gasteiger partial charge in [-0.2, -0.15) is 0 Å². The first-order chi connectivity index (χ1) is 4.17. The van der Waals surface area contributed by atoms with Crippen molar-refractivity contribution in [2.24, 2.45) is 11.3 Å². The average Bonchev–Trinajstić information content (AvgIpc) is 2.41. The van der Waals surface area contributed by atoms with Crippen molar-refractivity contribution in [3.63, 3.8) is 0 Å². The third-order valence-corrected chi connectivity index (χ3v) is 2.31. The van der Waals surface area contributed by atoms with E-state index < -0.39 is 0 Å². The highest BCUT2D eigenvalue weighted by Gasteiger charge is 2.36. The third kappa shape index (κ3) is 1.68. The highest BCUT2D eigenvalue weighted by atomic mass is 14.8. The maximum Gasteiger partial charge on any atom is 0.000216 e. The summed E-state index contributed by atoms with van der Waals surface area (Å²) in [7, 11) is 2.03. The molecule has 1 N–H and O–H groups in total. The van der Waals surface area contributed by atoms with Crippen LogP contribution in [0.15, 0.2) is 0 Å². The van der Waals surface area contributed by atoms with Gasteiger partial charge in [0.15, 0.2) is 0 Å². The van der Waals surface area contributed by atoms with Gasteiger partial charge < -0.3 is 5.32 Å². The zero-order chi connectivity index (χ0) is 6.91. The minimum absolute atomic E-state index is 0.550. The van der Waals surface area contributed by atoms with Crippen LogP contribution in [0.5, 0.6) is 0 Å². The summed E-state index contributed by atoms with van der Waals surface area (Å²) in [5.41, 5.74) is 0.550. The summed E-state index contributed by atoms with van der Waals surface area (Å²) in [5.74, 6) is 1.00. The van der Waals surface area contributed by atoms with Crippen LogP contribution in [0.2, 0.25) is 0 Å². The molecule has 0 aromatic heterocycles. The zero-order valence-corrected chi connectivity index (χ0v) is 6.70. The highest BCUT2D eigenvalue weighted by Crippen LogP contribution is 2.44. The van der Waals surface area contributed by atoms with E-state index in [1.54, 1.807) is 0 Å². The molecule has 1 fully saturated rings. The molecule has 0 unspecified atom stereocenters. The Morgan fingerprint density at radius 3 is 2.33 bits per heavy atom. The molecule has 0 aromatic rings. The molecule has 0 atom stereocenters. The summed E-state index contributed by atoms with van der Waals surface area (Å²) in [5, 5.41) is 3.23. The van der Waals surface area contributed by atoms with Gasteiger partial charge in [-0.1, -0.05) is 13.8 Å². The van der Waals surface area contributed by atoms with Crippen molar-refractivity contribution in [1.82, 2.24) is 5.32 Å². The molecule has 0 bridgehead atoms. The Hall–Kier alpha value is -0.0400. The van der Waals surface area contributed by atoms with E-state index in [0.717, 1.165) is 12.5 Å². The Morgan fingerprint density at radius 2 is 2.00 bits per heavy atom. The van der Waals surface area contributed by atoms with Gasteiger partial charge in [0.05, 0.1) is 0 Å². The Bertz CT molecular complexity index is 92.7. The number of rotatable bonds is 3. The van der Waals surface area contributed by atoms with E-state index in [4.69, 9.17) is 0 Å². The lowest BCUT2D eigenvalue weighted by Gasteiger charge is -2.23. The Kier molecular flexibility index (Phi) is 1.80. The van der Waals surface area contributed by atoms with Gasteiger partial charge in [0.2, 0.25) is 0 Å². The first kappa shape index (κ1) is 7.07. The molecule has 1 aliphatic rings. The lowest BCUT2D eigenvalue weighted by atomic mass is 9.87. The van der Waals surface area contributed by atoms with Gasteiger partial charge in [0, 0.05) is 6.54 Å². The van der Waals surface area contributed by atoms with E-state index in [9.17, 15) is 0 Å². The fourth-order valence-corrected chi connectivity index (χ4v) is 1.46. The summed E-state index contributed by atoms with van der Waals surface area (Å²) in [6.45, 7) is 5.86. The van der Waals surface area contributed by atoms with Crippen molar-refractivity contribution in [3.05, 3.63) is 0 Å². The van der Waals surface area contributed by atoms with E-state index >= 15 is 0 Å². The summed E-state index contributed by atoms with van der Waals surface area (Å²) in [6.07, 6.45) is 2.91. The predicted octanol–water partition coefficient (Wildman–Crippen LogP) is 1.64. The van der Waals surface area contributed by atoms with Gasteiger partial charge in [-0.15, -0.1) is 0 Å². The molecule has 0 heterocycles. The van der Waals surface area contributed by atoms with Crippen molar-refractivity contribution in [3.8, 4) is 0 Å². The SMILES string of the molecule is CNCC(C)(C)C1CC1. The van der Waals surface area contributed by atoms with Gasteiger partial charge in [-0.25, -0.2) is 0 Å². The second-order valence-electron chi connectivity index (χ2n) is 3.79. The van der Waals surface area contributed by atoms with E-state index in [-0.39, 0.29) is 0 Å². The molecule has 0 saturated heterocycles. The molecule has 0 aromatic carbocycles. The highest BCUT2D eigenvalue weighted by molar-refractivity contribution is 4.88. The monoisotopic (exact) mass is 127 g/mol. The second-order valence-corrected chi connectivity index (χ2v) is 3.79. The van der Waals surface area contributed by atoms with Crippen molar-refractivity contribution in [2.45, 2.75) is 26.7 Å². The average molecular weight is 127 g/mol. The Balaban J connectivity index is 2.30. The van der Waals surface area contributed by atoms with Crippen molar-refractivity contribution >= 4 is 0 Å². The van der Waals surface area contributed by atoms with Gasteiger partial charge in [-0.05, 0) is 31.2 Å². The third-order valence-electron chi connectivity index (χ3n) is 2.31. The lowest BCUT2D eigenvalue weighted by Crippen LogP contribution is -2.28. The predicted molar refractivity (Wildman–Crippen MR) is 40.4 cm³/mol. The quantitative estimate of drug-likeness (QED) is 0.607. The maximum atomic E-state index is 3.23. The van der Waals surface area contributed by atoms with Crippen LogP contribution in [0.4, 0.5) is 0 Å². The molecule has 0 radical (unpaired) electrons. The molecule has 9 heavy (non-hydrogen) atoms. The van der Waals surface area contributed by atoms with Crippen molar-refractivity contribution < 1.29 is 0 Å². The Morgan fingerprint density at radius 1 is 1.44 bits per heavy atom. The van der Waals surface area contributed by atoms with Crippen molar-refractivity contribution in [1.29, 1.82) is 0 Å². The molecule has 1 heteroatoms. The number of nitrogens with one attached hydrogen (secondary N) is 1. The topological polar surface area (TPSA) is 12.0 Å². The number of hydrogen-bond donors (Lipinski definition) is 1. The number of hydrogen-bond acceptors (Lipinski definition) is 1. The van der Waals surface area contributed by atoms with E-state index in [2.05, 4.69) is 19.2 Å². The fraction of sp³-hybridized carbons (Fsp3) is 1.00. The van der Waals surface area contributed by atoms with Gasteiger partial charge in [-0.3, -0.25) is 0 Å². The van der Waals surface area contributed by atoms with Gasteiger partial charge in [0.25, 0.3) is 0 Å². The molecule has 54 valence electrons. The maximum absolute atomic E-state index is 3.23. The van der Waals surface area contributed by atoms with Crippen LogP contribution in [0.1, 0.15) is 26.7 Å². The van der Waals surface area contributed by atoms with Gasteiger partial charge in [0.1, 0.15) is 0 Å². The molecule has 1 rings (SSSR count). The standard InChI is InChI=1S/C8H17N/c1-8(2,6-9-3)7-4-5-7/h7,9H,4-6H2,1-3H3. The molecular weight excluding hydrogens is 110 g/mol. The summed E-state index contributed by atoms with van der Waals surface area (Å²) >= 11 is 0. The Labute approximate surface area is 57.8 Å². The molecule has 1 saturated carbocycles. The largest absolute Gasteiger partial charge is 0.319 e. The van der Waals surface area contributed by atoms with Gasteiger partial charge >= 0.3 is 0 Å². The summed E-state index contributed by atoms with van der Waals surface area (Å²) in [6, 6.07) is 0. The molecule has 0 spiro atoms. The minimum Gasteiger partial charge on any atom is -0.319 e. The second kappa shape index (κ2) is 2.30. The minimum atomic E-state index is 0.550. The van der Waals surface area contributed by atoms with E-state index in [0.29, 0.717) is 5.41 Å². The molecule has 1 aliphatic carbocycles. The van der Waals surface area contributed by atoms with Crippen LogP contribution in [0, 0.1) is 11.3 Å². The lowest BCUT2D eigenvalue weighted by molar-refractivity contribution is 0.300. The van der Waals surface area contributed by atoms with Crippen molar-refractivity contribution in [2.75, 3.05) is 13.6 Å². The molecular formula is C8H17N. The van der Waals surface area contributed by atoms with E-state index in [1.807, 2.05) is 7.05 Å². The first-order valence-corrected chi connectivity index (χ1v) is 3.81. The molecule has 0 amide bonds. The summed E-state index contributed by atoms with van der Waals surface area (Å²) in [4.78, 5) is 0. The van der Waals surface area contributed by atoms with Crippen LogP contribution in [-0.4, -0.2) is 13.6 Å². The zero-order valence-electron chi connectivity index (χ0n) is 6.70.